The fourth-order valence-corrected chi connectivity index (χ4v) is 1.82. The largest absolute Gasteiger partial charge is 0.479 e. The third kappa shape index (κ3) is 2.73. The molecule has 2 rings (SSSR count). The predicted octanol–water partition coefficient (Wildman–Crippen LogP) is 2.80. The normalized spacial score (nSPS) is 13.6. The Bertz CT molecular complexity index is 566. The summed E-state index contributed by atoms with van der Waals surface area (Å²) in [6, 6.07) is 12.7. The number of nitrogens with zero attached hydrogens (tertiary/aromatic N) is 1. The smallest absolute Gasteiger partial charge is 0.333 e. The molecule has 0 spiro atoms. The highest BCUT2D eigenvalue weighted by Crippen LogP contribution is 2.25. The van der Waals surface area contributed by atoms with Crippen LogP contribution in [0.2, 0.25) is 0 Å². The van der Waals surface area contributed by atoms with Gasteiger partial charge >= 0.3 is 5.97 Å². The van der Waals surface area contributed by atoms with Crippen molar-refractivity contribution in [2.45, 2.75) is 19.4 Å². The Kier molecular flexibility index (Phi) is 3.51. The van der Waals surface area contributed by atoms with Gasteiger partial charge in [0.1, 0.15) is 5.82 Å². The minimum Gasteiger partial charge on any atom is -0.479 e. The van der Waals surface area contributed by atoms with E-state index in [2.05, 4.69) is 10.3 Å². The predicted molar refractivity (Wildman–Crippen MR) is 74.0 cm³/mol. The van der Waals surface area contributed by atoms with Gasteiger partial charge in [-0.1, -0.05) is 36.4 Å². The number of aryl methyl sites for hydroxylation is 1. The highest BCUT2D eigenvalue weighted by molar-refractivity contribution is 5.83. The molecule has 4 nitrogen and oxygen atoms in total. The van der Waals surface area contributed by atoms with E-state index in [-0.39, 0.29) is 0 Å². The number of aromatic nitrogens is 1. The molecule has 0 amide bonds. The quantitative estimate of drug-likeness (QED) is 0.883. The summed E-state index contributed by atoms with van der Waals surface area (Å²) in [6.07, 6.45) is 1.70. The second-order valence-electron chi connectivity index (χ2n) is 4.64. The molecular formula is C15H16N2O2. The lowest BCUT2D eigenvalue weighted by molar-refractivity contribution is -0.142. The van der Waals surface area contributed by atoms with Crippen LogP contribution in [0.3, 0.4) is 0 Å². The summed E-state index contributed by atoms with van der Waals surface area (Å²) >= 11 is 0. The fourth-order valence-electron chi connectivity index (χ4n) is 1.82. The van der Waals surface area contributed by atoms with Gasteiger partial charge < -0.3 is 10.4 Å². The van der Waals surface area contributed by atoms with Crippen LogP contribution in [0.25, 0.3) is 0 Å². The summed E-state index contributed by atoms with van der Waals surface area (Å²) in [5, 5.41) is 12.5. The number of carbonyl (C=O) groups is 1. The van der Waals surface area contributed by atoms with Crippen molar-refractivity contribution >= 4 is 11.8 Å². The van der Waals surface area contributed by atoms with Crippen molar-refractivity contribution in [1.29, 1.82) is 0 Å². The van der Waals surface area contributed by atoms with Crippen LogP contribution in [-0.4, -0.2) is 16.1 Å². The zero-order valence-electron chi connectivity index (χ0n) is 10.9. The Morgan fingerprint density at radius 1 is 1.21 bits per heavy atom. The van der Waals surface area contributed by atoms with Gasteiger partial charge in [0, 0.05) is 6.20 Å². The zero-order valence-corrected chi connectivity index (χ0v) is 10.9. The molecule has 2 N–H and O–H groups in total. The standard InChI is InChI=1S/C15H16N2O2/c1-11-8-9-13(16-10-11)17-15(2,14(18)19)12-6-4-3-5-7-12/h3-10H,1-2H3,(H,16,17)(H,18,19). The van der Waals surface area contributed by atoms with E-state index in [1.54, 1.807) is 31.3 Å². The van der Waals surface area contributed by atoms with Crippen LogP contribution in [0.15, 0.2) is 48.7 Å². The molecule has 2 aromatic rings. The summed E-state index contributed by atoms with van der Waals surface area (Å²) < 4.78 is 0. The Morgan fingerprint density at radius 2 is 1.89 bits per heavy atom. The van der Waals surface area contributed by atoms with Gasteiger partial charge in [-0.15, -0.1) is 0 Å². The molecule has 0 saturated carbocycles. The Morgan fingerprint density at radius 3 is 2.42 bits per heavy atom. The van der Waals surface area contributed by atoms with Crippen LogP contribution in [-0.2, 0) is 10.3 Å². The van der Waals surface area contributed by atoms with Gasteiger partial charge in [0.05, 0.1) is 0 Å². The van der Waals surface area contributed by atoms with Crippen LogP contribution < -0.4 is 5.32 Å². The Labute approximate surface area is 112 Å². The topological polar surface area (TPSA) is 62.2 Å². The average molecular weight is 256 g/mol. The lowest BCUT2D eigenvalue weighted by Gasteiger charge is -2.27. The van der Waals surface area contributed by atoms with E-state index in [4.69, 9.17) is 0 Å². The molecule has 0 radical (unpaired) electrons. The molecule has 0 aliphatic heterocycles. The van der Waals surface area contributed by atoms with Crippen LogP contribution >= 0.6 is 0 Å². The highest BCUT2D eigenvalue weighted by Gasteiger charge is 2.35. The van der Waals surface area contributed by atoms with Crippen LogP contribution in [0.5, 0.6) is 0 Å². The van der Waals surface area contributed by atoms with Crippen molar-refractivity contribution < 1.29 is 9.90 Å². The van der Waals surface area contributed by atoms with E-state index in [0.29, 0.717) is 11.4 Å². The first-order valence-electron chi connectivity index (χ1n) is 6.02. The third-order valence-corrected chi connectivity index (χ3v) is 3.07. The molecule has 0 fully saturated rings. The van der Waals surface area contributed by atoms with E-state index in [0.717, 1.165) is 5.56 Å². The molecule has 0 aliphatic carbocycles. The first kappa shape index (κ1) is 13.1. The molecule has 19 heavy (non-hydrogen) atoms. The Hall–Kier alpha value is -2.36. The van der Waals surface area contributed by atoms with Crippen molar-refractivity contribution in [2.75, 3.05) is 5.32 Å². The first-order chi connectivity index (χ1) is 9.02. The number of hydrogen-bond donors (Lipinski definition) is 2. The van der Waals surface area contributed by atoms with E-state index < -0.39 is 11.5 Å². The number of nitrogens with one attached hydrogen (secondary N) is 1. The second-order valence-corrected chi connectivity index (χ2v) is 4.64. The van der Waals surface area contributed by atoms with E-state index >= 15 is 0 Å². The van der Waals surface area contributed by atoms with E-state index in [9.17, 15) is 9.90 Å². The number of hydrogen-bond acceptors (Lipinski definition) is 3. The summed E-state index contributed by atoms with van der Waals surface area (Å²) in [7, 11) is 0. The number of benzene rings is 1. The highest BCUT2D eigenvalue weighted by atomic mass is 16.4. The number of pyridine rings is 1. The van der Waals surface area contributed by atoms with Crippen molar-refractivity contribution in [3.63, 3.8) is 0 Å². The van der Waals surface area contributed by atoms with Gasteiger partial charge in [-0.3, -0.25) is 0 Å². The average Bonchev–Trinajstić information content (AvgIpc) is 2.42. The van der Waals surface area contributed by atoms with Crippen LogP contribution in [0, 0.1) is 6.92 Å². The first-order valence-corrected chi connectivity index (χ1v) is 6.02. The van der Waals surface area contributed by atoms with Crippen molar-refractivity contribution in [2.24, 2.45) is 0 Å². The lowest BCUT2D eigenvalue weighted by atomic mass is 9.92. The third-order valence-electron chi connectivity index (χ3n) is 3.07. The van der Waals surface area contributed by atoms with Crippen LogP contribution in [0.4, 0.5) is 5.82 Å². The lowest BCUT2D eigenvalue weighted by Crippen LogP contribution is -2.40. The monoisotopic (exact) mass is 256 g/mol. The molecule has 1 aromatic carbocycles. The van der Waals surface area contributed by atoms with Crippen molar-refractivity contribution in [3.05, 3.63) is 59.8 Å². The minimum atomic E-state index is -1.20. The molecule has 1 heterocycles. The summed E-state index contributed by atoms with van der Waals surface area (Å²) in [5.74, 6) is -0.402. The van der Waals surface area contributed by atoms with Gasteiger partial charge in [-0.05, 0) is 31.0 Å². The molecule has 98 valence electrons. The maximum atomic E-state index is 11.6. The van der Waals surface area contributed by atoms with Gasteiger partial charge in [0.2, 0.25) is 0 Å². The Balaban J connectivity index is 2.36. The fraction of sp³-hybridized carbons (Fsp3) is 0.200. The molecule has 1 unspecified atom stereocenters. The van der Waals surface area contributed by atoms with Gasteiger partial charge in [0.25, 0.3) is 0 Å². The molecule has 0 saturated heterocycles. The van der Waals surface area contributed by atoms with Crippen molar-refractivity contribution in [1.82, 2.24) is 4.98 Å². The van der Waals surface area contributed by atoms with Gasteiger partial charge in [-0.2, -0.15) is 0 Å². The number of rotatable bonds is 4. The van der Waals surface area contributed by atoms with E-state index in [1.165, 1.54) is 0 Å². The molecular weight excluding hydrogens is 240 g/mol. The summed E-state index contributed by atoms with van der Waals surface area (Å²) in [5.41, 5.74) is 0.510. The zero-order chi connectivity index (χ0) is 13.9. The number of carboxylic acids is 1. The maximum Gasteiger partial charge on any atom is 0.333 e. The van der Waals surface area contributed by atoms with E-state index in [1.807, 2.05) is 31.2 Å². The van der Waals surface area contributed by atoms with Gasteiger partial charge in [-0.25, -0.2) is 9.78 Å². The molecule has 0 aliphatic rings. The molecule has 1 atom stereocenters. The van der Waals surface area contributed by atoms with Crippen LogP contribution in [0.1, 0.15) is 18.1 Å². The minimum absolute atomic E-state index is 0.541. The summed E-state index contributed by atoms with van der Waals surface area (Å²) in [6.45, 7) is 3.57. The number of carboxylic acid groups (broad SMARTS) is 1. The number of anilines is 1. The molecule has 1 aromatic heterocycles. The molecule has 4 heteroatoms. The second kappa shape index (κ2) is 5.10. The van der Waals surface area contributed by atoms with Gasteiger partial charge in [0.15, 0.2) is 5.54 Å². The SMILES string of the molecule is Cc1ccc(NC(C)(C(=O)O)c2ccccc2)nc1. The molecule has 0 bridgehead atoms. The van der Waals surface area contributed by atoms with Crippen molar-refractivity contribution in [3.8, 4) is 0 Å². The number of aliphatic carboxylic acids is 1. The maximum absolute atomic E-state index is 11.6. The summed E-state index contributed by atoms with van der Waals surface area (Å²) in [4.78, 5) is 15.8.